The molecular formula is C24H34O5S. The van der Waals surface area contributed by atoms with Crippen molar-refractivity contribution in [3.8, 4) is 0 Å². The lowest BCUT2D eigenvalue weighted by Gasteiger charge is -2.51. The molecule has 0 heterocycles. The second-order valence-electron chi connectivity index (χ2n) is 9.96. The van der Waals surface area contributed by atoms with E-state index >= 15 is 0 Å². The van der Waals surface area contributed by atoms with Crippen LogP contribution in [0, 0.1) is 17.3 Å². The fourth-order valence-corrected chi connectivity index (χ4v) is 7.13. The van der Waals surface area contributed by atoms with Crippen LogP contribution in [0.1, 0.15) is 71.1 Å². The number of carbonyl (C=O) groups is 1. The van der Waals surface area contributed by atoms with Crippen molar-refractivity contribution in [1.82, 2.24) is 0 Å². The van der Waals surface area contributed by atoms with E-state index in [-0.39, 0.29) is 12.0 Å². The molecule has 0 bridgehead atoms. The number of rotatable bonds is 6. The Balaban J connectivity index is 1.51. The van der Waals surface area contributed by atoms with E-state index in [1.807, 2.05) is 0 Å². The average Bonchev–Trinajstić information content (AvgIpc) is 2.96. The van der Waals surface area contributed by atoms with Gasteiger partial charge in [-0.2, -0.15) is 8.42 Å². The lowest BCUT2D eigenvalue weighted by Crippen LogP contribution is -2.49. The van der Waals surface area contributed by atoms with Crippen LogP contribution in [0.5, 0.6) is 0 Å². The van der Waals surface area contributed by atoms with Crippen molar-refractivity contribution < 1.29 is 22.5 Å². The van der Waals surface area contributed by atoms with E-state index in [0.29, 0.717) is 49.7 Å². The summed E-state index contributed by atoms with van der Waals surface area (Å²) in [7, 11) is -3.44. The molecule has 1 N–H and O–H groups in total. The first-order valence-corrected chi connectivity index (χ1v) is 13.0. The van der Waals surface area contributed by atoms with Crippen LogP contribution < -0.4 is 0 Å². The van der Waals surface area contributed by atoms with E-state index in [1.165, 1.54) is 16.7 Å². The maximum Gasteiger partial charge on any atom is 0.264 e. The lowest BCUT2D eigenvalue weighted by molar-refractivity contribution is -0.118. The van der Waals surface area contributed by atoms with Gasteiger partial charge in [-0.05, 0) is 79.9 Å². The Morgan fingerprint density at radius 3 is 2.80 bits per heavy atom. The van der Waals surface area contributed by atoms with Crippen LogP contribution in [-0.4, -0.2) is 37.8 Å². The van der Waals surface area contributed by atoms with Gasteiger partial charge < -0.3 is 5.11 Å². The Kier molecular flexibility index (Phi) is 5.65. The third-order valence-electron chi connectivity index (χ3n) is 8.31. The third-order valence-corrected chi connectivity index (χ3v) is 8.91. The molecule has 0 aromatic carbocycles. The highest BCUT2D eigenvalue weighted by Gasteiger charge is 2.60. The molecule has 5 nitrogen and oxygen atoms in total. The van der Waals surface area contributed by atoms with Gasteiger partial charge in [-0.3, -0.25) is 8.98 Å². The van der Waals surface area contributed by atoms with Crippen LogP contribution in [0.3, 0.4) is 0 Å². The summed E-state index contributed by atoms with van der Waals surface area (Å²) in [6.45, 7) is 6.57. The van der Waals surface area contributed by atoms with E-state index in [0.717, 1.165) is 43.9 Å². The molecule has 1 fully saturated rings. The van der Waals surface area contributed by atoms with Gasteiger partial charge in [0.05, 0.1) is 18.5 Å². The Bertz CT molecular complexity index is 927. The Morgan fingerprint density at radius 2 is 2.07 bits per heavy atom. The zero-order valence-electron chi connectivity index (χ0n) is 18.2. The number of Topliss-reactive ketones (excluding diaryl/α,β-unsaturated/α-hetero) is 1. The molecule has 0 aliphatic heterocycles. The van der Waals surface area contributed by atoms with Crippen molar-refractivity contribution >= 4 is 15.9 Å². The van der Waals surface area contributed by atoms with Crippen molar-refractivity contribution in [3.05, 3.63) is 34.9 Å². The number of carbonyl (C=O) groups excluding carboxylic acids is 1. The monoisotopic (exact) mass is 434 g/mol. The predicted octanol–water partition coefficient (Wildman–Crippen LogP) is 4.24. The molecule has 4 aliphatic carbocycles. The van der Waals surface area contributed by atoms with Crippen LogP contribution in [0.15, 0.2) is 34.9 Å². The van der Waals surface area contributed by atoms with Gasteiger partial charge in [-0.15, -0.1) is 0 Å². The van der Waals surface area contributed by atoms with E-state index in [2.05, 4.69) is 19.6 Å². The number of fused-ring (bicyclic) bond motifs is 4. The van der Waals surface area contributed by atoms with Gasteiger partial charge in [0, 0.05) is 18.3 Å². The van der Waals surface area contributed by atoms with E-state index < -0.39 is 15.7 Å². The van der Waals surface area contributed by atoms with Gasteiger partial charge in [0.25, 0.3) is 10.1 Å². The summed E-state index contributed by atoms with van der Waals surface area (Å²) in [6.07, 6.45) is 11.3. The Labute approximate surface area is 180 Å². The fraction of sp³-hybridized carbons (Fsp3) is 0.708. The van der Waals surface area contributed by atoms with Crippen molar-refractivity contribution in [3.63, 3.8) is 0 Å². The van der Waals surface area contributed by atoms with E-state index in [1.54, 1.807) is 0 Å². The molecule has 0 aromatic rings. The molecule has 30 heavy (non-hydrogen) atoms. The Morgan fingerprint density at radius 1 is 1.30 bits per heavy atom. The molecule has 0 radical (unpaired) electrons. The quantitative estimate of drug-likeness (QED) is 0.384. The number of ketones is 1. The molecule has 1 saturated carbocycles. The summed E-state index contributed by atoms with van der Waals surface area (Å²) >= 11 is 0. The normalized spacial score (nSPS) is 36.1. The predicted molar refractivity (Wildman–Crippen MR) is 116 cm³/mol. The van der Waals surface area contributed by atoms with Crippen molar-refractivity contribution in [2.75, 3.05) is 12.9 Å². The van der Waals surface area contributed by atoms with Gasteiger partial charge in [0.2, 0.25) is 0 Å². The third kappa shape index (κ3) is 3.65. The molecule has 0 unspecified atom stereocenters. The number of hydrogen-bond donors (Lipinski definition) is 1. The number of aliphatic hydroxyl groups is 1. The Hall–Kier alpha value is -1.24. The van der Waals surface area contributed by atoms with E-state index in [4.69, 9.17) is 4.18 Å². The van der Waals surface area contributed by atoms with Crippen LogP contribution in [0.25, 0.3) is 0 Å². The van der Waals surface area contributed by atoms with Crippen LogP contribution in [0.4, 0.5) is 0 Å². The first-order valence-electron chi connectivity index (χ1n) is 11.2. The average molecular weight is 435 g/mol. The highest BCUT2D eigenvalue weighted by atomic mass is 32.2. The number of hydrogen-bond acceptors (Lipinski definition) is 5. The topological polar surface area (TPSA) is 80.7 Å². The molecule has 4 rings (SSSR count). The van der Waals surface area contributed by atoms with Crippen molar-refractivity contribution in [2.24, 2.45) is 17.3 Å². The van der Waals surface area contributed by atoms with Crippen LogP contribution in [-0.2, 0) is 19.1 Å². The molecule has 166 valence electrons. The van der Waals surface area contributed by atoms with Gasteiger partial charge >= 0.3 is 0 Å². The minimum Gasteiger partial charge on any atom is -0.385 e. The second kappa shape index (κ2) is 7.72. The summed E-state index contributed by atoms with van der Waals surface area (Å²) in [4.78, 5) is 11.9. The van der Waals surface area contributed by atoms with Gasteiger partial charge in [-0.1, -0.05) is 25.2 Å². The minimum atomic E-state index is -3.44. The van der Waals surface area contributed by atoms with Gasteiger partial charge in [0.15, 0.2) is 0 Å². The first-order chi connectivity index (χ1) is 14.1. The molecule has 4 aliphatic rings. The van der Waals surface area contributed by atoms with Gasteiger partial charge in [-0.25, -0.2) is 0 Å². The molecule has 0 saturated heterocycles. The van der Waals surface area contributed by atoms with Crippen LogP contribution in [0.2, 0.25) is 0 Å². The fourth-order valence-electron chi connectivity index (χ4n) is 6.71. The summed E-state index contributed by atoms with van der Waals surface area (Å²) in [6, 6.07) is 0. The molecular weight excluding hydrogens is 400 g/mol. The molecule has 0 aromatic heterocycles. The standard InChI is InChI=1S/C24H34O5S/c1-16(5-4-14-29-30(3,27)28)24(26)13-11-22-21-8-6-17-15-18(25)7-9-19(17)20(21)10-12-23(22,24)2/h10,21-22,26H,1,4-9,11-15H2,2-3H3/t21-,22+,23+,24-/m1/s1. The largest absolute Gasteiger partial charge is 0.385 e. The summed E-state index contributed by atoms with van der Waals surface area (Å²) in [5.74, 6) is 1.25. The maximum atomic E-state index is 11.9. The zero-order valence-corrected chi connectivity index (χ0v) is 19.0. The highest BCUT2D eigenvalue weighted by molar-refractivity contribution is 7.85. The smallest absolute Gasteiger partial charge is 0.264 e. The van der Waals surface area contributed by atoms with Crippen LogP contribution >= 0.6 is 0 Å². The van der Waals surface area contributed by atoms with Crippen molar-refractivity contribution in [1.29, 1.82) is 0 Å². The van der Waals surface area contributed by atoms with Crippen molar-refractivity contribution in [2.45, 2.75) is 76.7 Å². The maximum absolute atomic E-state index is 11.9. The summed E-state index contributed by atoms with van der Waals surface area (Å²) in [5, 5.41) is 11.8. The SMILES string of the molecule is C=C(CCCOS(C)(=O)=O)[C@]1(O)CC[C@H]2[C@@H]3CCC4=C(CCC(=O)C4)C3=CC[C@@]21C. The summed E-state index contributed by atoms with van der Waals surface area (Å²) in [5.41, 5.74) is 3.89. The highest BCUT2D eigenvalue weighted by Crippen LogP contribution is 2.64. The second-order valence-corrected chi connectivity index (χ2v) is 11.6. The zero-order chi connectivity index (χ0) is 21.7. The molecule has 4 atom stereocenters. The van der Waals surface area contributed by atoms with E-state index in [9.17, 15) is 18.3 Å². The molecule has 0 spiro atoms. The minimum absolute atomic E-state index is 0.121. The molecule has 0 amide bonds. The number of allylic oxidation sites excluding steroid dienone is 4. The first kappa shape index (κ1) is 22.0. The van der Waals surface area contributed by atoms with Gasteiger partial charge in [0.1, 0.15) is 5.78 Å². The lowest BCUT2D eigenvalue weighted by atomic mass is 9.55. The molecule has 6 heteroatoms. The summed E-state index contributed by atoms with van der Waals surface area (Å²) < 4.78 is 27.2.